The van der Waals surface area contributed by atoms with Gasteiger partial charge in [0.05, 0.1) is 0 Å². The standard InChI is InChI=1S/C22H18O2S2/c23-22(24)21(26-19-14-8-3-9-15-19)16-20(17-10-4-1-5-11-17)25-18-12-6-2-7-13-18/h1-16,21H,(H,23,24)/b20-16+. The fourth-order valence-corrected chi connectivity index (χ4v) is 4.35. The number of hydrogen-bond donors (Lipinski definition) is 1. The van der Waals surface area contributed by atoms with E-state index in [0.717, 1.165) is 20.3 Å². The minimum absolute atomic E-state index is 0.663. The summed E-state index contributed by atoms with van der Waals surface area (Å²) >= 11 is 2.92. The molecule has 0 aromatic heterocycles. The molecule has 0 aliphatic carbocycles. The fourth-order valence-electron chi connectivity index (χ4n) is 2.35. The summed E-state index contributed by atoms with van der Waals surface area (Å²) in [6.45, 7) is 0. The van der Waals surface area contributed by atoms with E-state index in [0.29, 0.717) is 0 Å². The van der Waals surface area contributed by atoms with E-state index in [1.165, 1.54) is 11.8 Å². The summed E-state index contributed by atoms with van der Waals surface area (Å²) in [5.74, 6) is -0.846. The largest absolute Gasteiger partial charge is 0.480 e. The zero-order chi connectivity index (χ0) is 18.2. The molecule has 0 spiro atoms. The van der Waals surface area contributed by atoms with E-state index in [1.54, 1.807) is 11.8 Å². The van der Waals surface area contributed by atoms with Crippen LogP contribution in [0.2, 0.25) is 0 Å². The van der Waals surface area contributed by atoms with Gasteiger partial charge in [0.25, 0.3) is 0 Å². The predicted octanol–water partition coefficient (Wildman–Crippen LogP) is 6.07. The molecule has 0 aliphatic heterocycles. The number of rotatable bonds is 7. The van der Waals surface area contributed by atoms with Crippen LogP contribution in [0.5, 0.6) is 0 Å². The highest BCUT2D eigenvalue weighted by molar-refractivity contribution is 8.08. The molecule has 3 rings (SSSR count). The van der Waals surface area contributed by atoms with Gasteiger partial charge in [-0.3, -0.25) is 4.79 Å². The Bertz CT molecular complexity index is 862. The number of hydrogen-bond acceptors (Lipinski definition) is 3. The molecule has 0 amide bonds. The van der Waals surface area contributed by atoms with Gasteiger partial charge in [-0.25, -0.2) is 0 Å². The van der Waals surface area contributed by atoms with E-state index < -0.39 is 11.2 Å². The molecule has 26 heavy (non-hydrogen) atoms. The van der Waals surface area contributed by atoms with Gasteiger partial charge >= 0.3 is 5.97 Å². The second-order valence-corrected chi connectivity index (χ2v) is 7.83. The molecule has 130 valence electrons. The Morgan fingerprint density at radius 1 is 0.769 bits per heavy atom. The molecule has 3 aromatic carbocycles. The third-order valence-corrected chi connectivity index (χ3v) is 5.82. The Labute approximate surface area is 162 Å². The lowest BCUT2D eigenvalue weighted by atomic mass is 10.2. The summed E-state index contributed by atoms with van der Waals surface area (Å²) in [4.78, 5) is 14.8. The second kappa shape index (κ2) is 9.32. The van der Waals surface area contributed by atoms with Crippen LogP contribution in [0.25, 0.3) is 4.91 Å². The maximum atomic E-state index is 11.8. The number of carboxylic acid groups (broad SMARTS) is 1. The lowest BCUT2D eigenvalue weighted by molar-refractivity contribution is -0.135. The maximum Gasteiger partial charge on any atom is 0.320 e. The zero-order valence-corrected chi connectivity index (χ0v) is 15.6. The van der Waals surface area contributed by atoms with Crippen molar-refractivity contribution in [2.75, 3.05) is 0 Å². The third kappa shape index (κ3) is 5.28. The number of aliphatic carboxylic acids is 1. The van der Waals surface area contributed by atoms with Crippen LogP contribution in [0.3, 0.4) is 0 Å². The van der Waals surface area contributed by atoms with Crippen LogP contribution >= 0.6 is 23.5 Å². The van der Waals surface area contributed by atoms with Gasteiger partial charge in [-0.15, -0.1) is 11.8 Å². The van der Waals surface area contributed by atoms with Crippen LogP contribution in [-0.2, 0) is 4.79 Å². The second-order valence-electron chi connectivity index (χ2n) is 5.50. The zero-order valence-electron chi connectivity index (χ0n) is 14.0. The number of carbonyl (C=O) groups is 1. The Kier molecular flexibility index (Phi) is 6.58. The van der Waals surface area contributed by atoms with Crippen LogP contribution in [0.4, 0.5) is 0 Å². The minimum atomic E-state index is -0.846. The molecule has 0 saturated carbocycles. The van der Waals surface area contributed by atoms with Crippen LogP contribution in [-0.4, -0.2) is 16.3 Å². The van der Waals surface area contributed by atoms with Crippen molar-refractivity contribution in [3.63, 3.8) is 0 Å². The molecule has 1 unspecified atom stereocenters. The highest BCUT2D eigenvalue weighted by atomic mass is 32.2. The summed E-state index contributed by atoms with van der Waals surface area (Å²) < 4.78 is 0. The summed E-state index contributed by atoms with van der Waals surface area (Å²) in [6.07, 6.45) is 1.84. The normalized spacial score (nSPS) is 12.5. The van der Waals surface area contributed by atoms with Crippen molar-refractivity contribution >= 4 is 34.4 Å². The van der Waals surface area contributed by atoms with E-state index in [4.69, 9.17) is 0 Å². The Balaban J connectivity index is 1.93. The summed E-state index contributed by atoms with van der Waals surface area (Å²) in [5.41, 5.74) is 1.02. The molecule has 0 saturated heterocycles. The molecular formula is C22H18O2S2. The van der Waals surface area contributed by atoms with Gasteiger partial charge in [-0.1, -0.05) is 78.5 Å². The number of benzene rings is 3. The van der Waals surface area contributed by atoms with Crippen LogP contribution in [0.15, 0.2) is 107 Å². The fraction of sp³-hybridized carbons (Fsp3) is 0.0455. The van der Waals surface area contributed by atoms with Crippen molar-refractivity contribution < 1.29 is 9.90 Å². The molecule has 0 fully saturated rings. The summed E-state index contributed by atoms with van der Waals surface area (Å²) in [6, 6.07) is 29.5. The number of carboxylic acids is 1. The lowest BCUT2D eigenvalue weighted by Gasteiger charge is -2.13. The SMILES string of the molecule is O=C(O)C(/C=C(/Sc1ccccc1)c1ccccc1)Sc1ccccc1. The third-order valence-electron chi connectivity index (χ3n) is 3.58. The van der Waals surface area contributed by atoms with Crippen molar-refractivity contribution in [3.8, 4) is 0 Å². The van der Waals surface area contributed by atoms with Gasteiger partial charge in [-0.2, -0.15) is 0 Å². The monoisotopic (exact) mass is 378 g/mol. The average Bonchev–Trinajstić information content (AvgIpc) is 2.69. The quantitative estimate of drug-likeness (QED) is 0.507. The molecule has 1 atom stereocenters. The lowest BCUT2D eigenvalue weighted by Crippen LogP contribution is -2.13. The smallest absolute Gasteiger partial charge is 0.320 e. The molecule has 4 heteroatoms. The molecule has 3 aromatic rings. The molecule has 0 heterocycles. The highest BCUT2D eigenvalue weighted by Gasteiger charge is 2.18. The van der Waals surface area contributed by atoms with E-state index >= 15 is 0 Å². The molecule has 0 aliphatic rings. The minimum Gasteiger partial charge on any atom is -0.480 e. The molecule has 0 radical (unpaired) electrons. The van der Waals surface area contributed by atoms with Gasteiger partial charge < -0.3 is 5.11 Å². The first kappa shape index (κ1) is 18.4. The van der Waals surface area contributed by atoms with Crippen molar-refractivity contribution in [2.45, 2.75) is 15.0 Å². The Morgan fingerprint density at radius 3 is 1.81 bits per heavy atom. The van der Waals surface area contributed by atoms with E-state index in [1.807, 2.05) is 97.1 Å². The van der Waals surface area contributed by atoms with Gasteiger partial charge in [0, 0.05) is 14.7 Å². The van der Waals surface area contributed by atoms with E-state index in [2.05, 4.69) is 0 Å². The van der Waals surface area contributed by atoms with Crippen molar-refractivity contribution in [1.29, 1.82) is 0 Å². The predicted molar refractivity (Wildman–Crippen MR) is 110 cm³/mol. The van der Waals surface area contributed by atoms with Crippen molar-refractivity contribution in [1.82, 2.24) is 0 Å². The van der Waals surface area contributed by atoms with Crippen LogP contribution < -0.4 is 0 Å². The topological polar surface area (TPSA) is 37.3 Å². The van der Waals surface area contributed by atoms with Gasteiger partial charge in [0.1, 0.15) is 5.25 Å². The average molecular weight is 379 g/mol. The molecule has 1 N–H and O–H groups in total. The molecular weight excluding hydrogens is 360 g/mol. The first-order valence-electron chi connectivity index (χ1n) is 8.17. The molecule has 2 nitrogen and oxygen atoms in total. The first-order valence-corrected chi connectivity index (χ1v) is 9.86. The van der Waals surface area contributed by atoms with Gasteiger partial charge in [0.2, 0.25) is 0 Å². The van der Waals surface area contributed by atoms with E-state index in [9.17, 15) is 9.90 Å². The van der Waals surface area contributed by atoms with Crippen LogP contribution in [0.1, 0.15) is 5.56 Å². The van der Waals surface area contributed by atoms with Gasteiger partial charge in [-0.05, 0) is 35.9 Å². The highest BCUT2D eigenvalue weighted by Crippen LogP contribution is 2.36. The summed E-state index contributed by atoms with van der Waals surface area (Å²) in [5, 5.41) is 9.06. The maximum absolute atomic E-state index is 11.8. The number of thioether (sulfide) groups is 2. The summed E-state index contributed by atoms with van der Waals surface area (Å²) in [7, 11) is 0. The Morgan fingerprint density at radius 2 is 1.27 bits per heavy atom. The van der Waals surface area contributed by atoms with E-state index in [-0.39, 0.29) is 0 Å². The first-order chi connectivity index (χ1) is 12.7. The molecule has 0 bridgehead atoms. The van der Waals surface area contributed by atoms with Gasteiger partial charge in [0.15, 0.2) is 0 Å². The van der Waals surface area contributed by atoms with Crippen molar-refractivity contribution in [2.24, 2.45) is 0 Å². The van der Waals surface area contributed by atoms with Crippen molar-refractivity contribution in [3.05, 3.63) is 103 Å². The Hall–Kier alpha value is -2.43. The van der Waals surface area contributed by atoms with Crippen LogP contribution in [0, 0.1) is 0 Å².